The number of piperazine rings is 1. The van der Waals surface area contributed by atoms with Crippen LogP contribution < -0.4 is 5.32 Å². The third-order valence-corrected chi connectivity index (χ3v) is 1.78. The zero-order valence-corrected chi connectivity index (χ0v) is 4.35. The minimum Gasteiger partial charge on any atom is -0.314 e. The number of hydrogen-bond donors (Lipinski definition) is 1. The van der Waals surface area contributed by atoms with Crippen LogP contribution in [-0.4, -0.2) is 37.1 Å². The van der Waals surface area contributed by atoms with Gasteiger partial charge in [-0.1, -0.05) is 0 Å². The Hall–Kier alpha value is -0.0800. The summed E-state index contributed by atoms with van der Waals surface area (Å²) in [6.07, 6.45) is 0. The van der Waals surface area contributed by atoms with E-state index in [0.717, 1.165) is 6.04 Å². The van der Waals surface area contributed by atoms with Crippen molar-refractivity contribution in [2.75, 3.05) is 26.2 Å². The zero-order chi connectivity index (χ0) is 4.69. The Bertz CT molecular complexity index is 72.1. The molecule has 2 saturated heterocycles. The fourth-order valence-corrected chi connectivity index (χ4v) is 1.18. The Kier molecular flexibility index (Phi) is 0.664. The van der Waals surface area contributed by atoms with E-state index in [1.165, 1.54) is 26.2 Å². The van der Waals surface area contributed by atoms with Crippen molar-refractivity contribution in [3.63, 3.8) is 0 Å². The van der Waals surface area contributed by atoms with Crippen molar-refractivity contribution in [1.82, 2.24) is 10.2 Å². The van der Waals surface area contributed by atoms with E-state index in [0.29, 0.717) is 0 Å². The lowest BCUT2D eigenvalue weighted by molar-refractivity contribution is 0.425. The highest BCUT2D eigenvalue weighted by Crippen LogP contribution is 2.16. The lowest BCUT2D eigenvalue weighted by atomic mass is 10.4. The van der Waals surface area contributed by atoms with Crippen LogP contribution >= 0.6 is 0 Å². The van der Waals surface area contributed by atoms with E-state index >= 15 is 0 Å². The van der Waals surface area contributed by atoms with Crippen LogP contribution in [0.1, 0.15) is 0 Å². The molecule has 1 N–H and O–H groups in total. The highest BCUT2D eigenvalue weighted by Gasteiger charge is 2.34. The first-order chi connectivity index (χ1) is 3.47. The second-order valence-corrected chi connectivity index (χ2v) is 2.35. The summed E-state index contributed by atoms with van der Waals surface area (Å²) in [5, 5.41) is 3.33. The topological polar surface area (TPSA) is 15.0 Å². The molecular weight excluding hydrogens is 88.1 g/mol. The van der Waals surface area contributed by atoms with Crippen molar-refractivity contribution in [2.24, 2.45) is 0 Å². The van der Waals surface area contributed by atoms with Crippen LogP contribution in [0, 0.1) is 0 Å². The molecule has 2 heteroatoms. The summed E-state index contributed by atoms with van der Waals surface area (Å²) >= 11 is 0. The number of rotatable bonds is 0. The van der Waals surface area contributed by atoms with Crippen LogP contribution in [0.5, 0.6) is 0 Å². The van der Waals surface area contributed by atoms with Gasteiger partial charge in [-0.15, -0.1) is 0 Å². The Morgan fingerprint density at radius 2 is 2.57 bits per heavy atom. The molecule has 2 heterocycles. The Morgan fingerprint density at radius 3 is 3.14 bits per heavy atom. The lowest BCUT2D eigenvalue weighted by Gasteiger charge is -2.10. The van der Waals surface area contributed by atoms with Gasteiger partial charge in [0.2, 0.25) is 0 Å². The van der Waals surface area contributed by atoms with Crippen molar-refractivity contribution in [2.45, 2.75) is 6.04 Å². The van der Waals surface area contributed by atoms with Crippen LogP contribution in [0.15, 0.2) is 0 Å². The van der Waals surface area contributed by atoms with E-state index in [1.807, 2.05) is 0 Å². The first kappa shape index (κ1) is 3.87. The first-order valence-corrected chi connectivity index (χ1v) is 2.91. The summed E-state index contributed by atoms with van der Waals surface area (Å²) < 4.78 is 0. The molecule has 2 atom stereocenters. The van der Waals surface area contributed by atoms with Gasteiger partial charge >= 0.3 is 0 Å². The van der Waals surface area contributed by atoms with Crippen LogP contribution in [0.4, 0.5) is 0 Å². The summed E-state index contributed by atoms with van der Waals surface area (Å²) in [5.41, 5.74) is 0. The predicted molar refractivity (Wildman–Crippen MR) is 28.2 cm³/mol. The maximum atomic E-state index is 3.33. The number of fused-ring (bicyclic) bond motifs is 1. The summed E-state index contributed by atoms with van der Waals surface area (Å²) in [6, 6.07) is 0.925. The van der Waals surface area contributed by atoms with Crippen molar-refractivity contribution in [1.29, 1.82) is 0 Å². The predicted octanol–water partition coefficient (Wildman–Crippen LogP) is -0.726. The Labute approximate surface area is 43.5 Å². The van der Waals surface area contributed by atoms with Gasteiger partial charge in [0.25, 0.3) is 0 Å². The first-order valence-electron chi connectivity index (χ1n) is 2.91. The molecule has 0 bridgehead atoms. The molecule has 0 spiro atoms. The van der Waals surface area contributed by atoms with Crippen molar-refractivity contribution >= 4 is 0 Å². The van der Waals surface area contributed by atoms with Crippen LogP contribution in [0.3, 0.4) is 0 Å². The third kappa shape index (κ3) is 0.545. The standard InChI is InChI=1S/C5H10N2/c1-2-7-4-5(7)3-6-1/h5-6H,1-4H2. The number of nitrogens with zero attached hydrogens (tertiary/aromatic N) is 1. The zero-order valence-electron chi connectivity index (χ0n) is 4.35. The molecule has 0 amide bonds. The number of hydrogen-bond acceptors (Lipinski definition) is 2. The van der Waals surface area contributed by atoms with E-state index in [-0.39, 0.29) is 0 Å². The maximum absolute atomic E-state index is 3.33. The van der Waals surface area contributed by atoms with Gasteiger partial charge in [0.15, 0.2) is 0 Å². The van der Waals surface area contributed by atoms with Crippen LogP contribution in [0.2, 0.25) is 0 Å². The van der Waals surface area contributed by atoms with E-state index in [2.05, 4.69) is 10.2 Å². The second kappa shape index (κ2) is 1.20. The normalized spacial score (nSPS) is 48.0. The molecule has 0 aliphatic carbocycles. The summed E-state index contributed by atoms with van der Waals surface area (Å²) in [5.74, 6) is 0. The molecule has 40 valence electrons. The molecule has 0 radical (unpaired) electrons. The SMILES string of the molecule is C1CN2CC2CN1. The van der Waals surface area contributed by atoms with Crippen LogP contribution in [-0.2, 0) is 0 Å². The quantitative estimate of drug-likeness (QED) is 0.402. The molecule has 2 fully saturated rings. The summed E-state index contributed by atoms with van der Waals surface area (Å²) in [6.45, 7) is 5.08. The van der Waals surface area contributed by atoms with Gasteiger partial charge in [-0.25, -0.2) is 0 Å². The molecule has 2 unspecified atom stereocenters. The molecular formula is C5H10N2. The monoisotopic (exact) mass is 98.1 g/mol. The van der Waals surface area contributed by atoms with Gasteiger partial charge in [-0.3, -0.25) is 4.90 Å². The molecule has 2 nitrogen and oxygen atoms in total. The maximum Gasteiger partial charge on any atom is 0.0349 e. The Morgan fingerprint density at radius 1 is 1.57 bits per heavy atom. The average molecular weight is 98.1 g/mol. The van der Waals surface area contributed by atoms with Gasteiger partial charge in [0.1, 0.15) is 0 Å². The molecule has 2 aliphatic rings. The molecule has 0 aromatic rings. The van der Waals surface area contributed by atoms with E-state index in [4.69, 9.17) is 0 Å². The highest BCUT2D eigenvalue weighted by molar-refractivity contribution is 4.94. The molecule has 2 aliphatic heterocycles. The smallest absolute Gasteiger partial charge is 0.0349 e. The lowest BCUT2D eigenvalue weighted by Crippen LogP contribution is -2.33. The largest absolute Gasteiger partial charge is 0.314 e. The molecule has 0 saturated carbocycles. The summed E-state index contributed by atoms with van der Waals surface area (Å²) in [7, 11) is 0. The van der Waals surface area contributed by atoms with Gasteiger partial charge in [-0.2, -0.15) is 0 Å². The van der Waals surface area contributed by atoms with Gasteiger partial charge in [-0.05, 0) is 0 Å². The summed E-state index contributed by atoms with van der Waals surface area (Å²) in [4.78, 5) is 2.50. The van der Waals surface area contributed by atoms with Crippen LogP contribution in [0.25, 0.3) is 0 Å². The van der Waals surface area contributed by atoms with Gasteiger partial charge in [0.05, 0.1) is 0 Å². The Balaban J connectivity index is 1.95. The van der Waals surface area contributed by atoms with E-state index in [9.17, 15) is 0 Å². The molecule has 2 rings (SSSR count). The van der Waals surface area contributed by atoms with Crippen molar-refractivity contribution in [3.8, 4) is 0 Å². The number of nitrogens with one attached hydrogen (secondary N) is 1. The van der Waals surface area contributed by atoms with Gasteiger partial charge < -0.3 is 5.32 Å². The molecule has 0 aromatic carbocycles. The fourth-order valence-electron chi connectivity index (χ4n) is 1.18. The molecule has 7 heavy (non-hydrogen) atoms. The van der Waals surface area contributed by atoms with Gasteiger partial charge in [0, 0.05) is 32.2 Å². The molecule has 0 aromatic heterocycles. The third-order valence-electron chi connectivity index (χ3n) is 1.78. The fraction of sp³-hybridized carbons (Fsp3) is 1.00. The highest BCUT2D eigenvalue weighted by atomic mass is 15.3. The second-order valence-electron chi connectivity index (χ2n) is 2.35. The van der Waals surface area contributed by atoms with Crippen molar-refractivity contribution in [3.05, 3.63) is 0 Å². The van der Waals surface area contributed by atoms with E-state index < -0.39 is 0 Å². The minimum atomic E-state index is 0.925. The average Bonchev–Trinajstić information content (AvgIpc) is 2.41. The minimum absolute atomic E-state index is 0.925. The van der Waals surface area contributed by atoms with E-state index in [1.54, 1.807) is 0 Å². The van der Waals surface area contributed by atoms with Crippen molar-refractivity contribution < 1.29 is 0 Å².